The van der Waals surface area contributed by atoms with Gasteiger partial charge < -0.3 is 9.80 Å². The molecule has 2 rings (SSSR count). The number of thiophene rings is 1. The largest absolute Gasteiger partial charge is 0.338 e. The Morgan fingerprint density at radius 3 is 2.21 bits per heavy atom. The van der Waals surface area contributed by atoms with Gasteiger partial charge in [-0.1, -0.05) is 70.8 Å². The topological polar surface area (TPSA) is 47.3 Å². The summed E-state index contributed by atoms with van der Waals surface area (Å²) in [5.41, 5.74) is 4.10. The van der Waals surface area contributed by atoms with Crippen molar-refractivity contribution in [1.29, 1.82) is 5.26 Å². The second-order valence-electron chi connectivity index (χ2n) is 6.13. The predicted molar refractivity (Wildman–Crippen MR) is 155 cm³/mol. The fourth-order valence-electron chi connectivity index (χ4n) is 2.67. The van der Waals surface area contributed by atoms with Gasteiger partial charge in [-0.3, -0.25) is 4.79 Å². The van der Waals surface area contributed by atoms with Crippen LogP contribution in [0.2, 0.25) is 0 Å². The smallest absolute Gasteiger partial charge is 0.228 e. The van der Waals surface area contributed by atoms with Crippen molar-refractivity contribution in [2.45, 2.75) is 47.5 Å². The van der Waals surface area contributed by atoms with Crippen molar-refractivity contribution >= 4 is 46.7 Å². The van der Waals surface area contributed by atoms with Gasteiger partial charge in [-0.2, -0.15) is 5.26 Å². The summed E-state index contributed by atoms with van der Waals surface area (Å²) in [5.74, 6) is -0.0454. The van der Waals surface area contributed by atoms with Crippen LogP contribution in [0.3, 0.4) is 0 Å². The Labute approximate surface area is 216 Å². The van der Waals surface area contributed by atoms with Gasteiger partial charge in [-0.15, -0.1) is 24.5 Å². The molecule has 0 saturated heterocycles. The Morgan fingerprint density at radius 1 is 1.09 bits per heavy atom. The molecule has 1 aromatic carbocycles. The lowest BCUT2D eigenvalue weighted by Crippen LogP contribution is -2.34. The number of rotatable bonds is 10. The number of carbonyl (C=O) groups excluding carboxylic acids is 1. The van der Waals surface area contributed by atoms with Gasteiger partial charge in [0.25, 0.3) is 0 Å². The maximum absolute atomic E-state index is 12.8. The van der Waals surface area contributed by atoms with E-state index in [9.17, 15) is 4.79 Å². The maximum Gasteiger partial charge on any atom is 0.228 e. The van der Waals surface area contributed by atoms with Gasteiger partial charge >= 0.3 is 0 Å². The van der Waals surface area contributed by atoms with Gasteiger partial charge in [-0.25, -0.2) is 0 Å². The van der Waals surface area contributed by atoms with Crippen molar-refractivity contribution in [2.75, 3.05) is 18.0 Å². The van der Waals surface area contributed by atoms with Crippen LogP contribution < -0.4 is 4.90 Å². The van der Waals surface area contributed by atoms with Crippen LogP contribution in [0.5, 0.6) is 0 Å². The molecule has 0 spiro atoms. The van der Waals surface area contributed by atoms with Crippen molar-refractivity contribution < 1.29 is 4.79 Å². The van der Waals surface area contributed by atoms with Crippen LogP contribution in [0.25, 0.3) is 6.08 Å². The van der Waals surface area contributed by atoms with Crippen molar-refractivity contribution in [3.8, 4) is 6.07 Å². The van der Waals surface area contributed by atoms with Crippen LogP contribution in [-0.4, -0.2) is 29.4 Å². The number of nitrogens with zero attached hydrogens (tertiary/aromatic N) is 3. The van der Waals surface area contributed by atoms with E-state index in [0.717, 1.165) is 21.8 Å². The molecule has 0 N–H and O–H groups in total. The SMILES string of the molecule is C=C.C=C(/C(C)=C\c1cccs1)N(C=S)CCC(=O)N(CCC#N)c1ccccc1.CC.CC. The fraction of sp³-hybridized carbons (Fsp3) is 0.321. The number of hydrogen-bond donors (Lipinski definition) is 0. The third-order valence-electron chi connectivity index (χ3n) is 4.21. The Hall–Kier alpha value is -3.01. The number of anilines is 1. The average molecular weight is 498 g/mol. The van der Waals surface area contributed by atoms with Gasteiger partial charge in [0, 0.05) is 35.8 Å². The predicted octanol–water partition coefficient (Wildman–Crippen LogP) is 8.12. The second-order valence-corrected chi connectivity index (χ2v) is 7.32. The summed E-state index contributed by atoms with van der Waals surface area (Å²) < 4.78 is 0. The molecule has 184 valence electrons. The molecule has 0 radical (unpaired) electrons. The van der Waals surface area contributed by atoms with Crippen LogP contribution in [0.1, 0.15) is 52.3 Å². The van der Waals surface area contributed by atoms with Crippen molar-refractivity contribution in [1.82, 2.24) is 4.90 Å². The van der Waals surface area contributed by atoms with Crippen LogP contribution in [0, 0.1) is 11.3 Å². The van der Waals surface area contributed by atoms with Crippen molar-refractivity contribution in [3.63, 3.8) is 0 Å². The summed E-state index contributed by atoms with van der Waals surface area (Å²) in [6.07, 6.45) is 2.62. The zero-order valence-electron chi connectivity index (χ0n) is 21.3. The molecule has 0 aliphatic carbocycles. The molecule has 0 aliphatic heterocycles. The van der Waals surface area contributed by atoms with E-state index in [1.165, 1.54) is 5.49 Å². The van der Waals surface area contributed by atoms with E-state index in [1.807, 2.05) is 87.4 Å². The first kappa shape index (κ1) is 33.2. The van der Waals surface area contributed by atoms with E-state index in [1.54, 1.807) is 16.2 Å². The summed E-state index contributed by atoms with van der Waals surface area (Å²) >= 11 is 6.80. The number of thiocarbonyl (C=S) groups is 1. The zero-order chi connectivity index (χ0) is 26.4. The van der Waals surface area contributed by atoms with E-state index in [4.69, 9.17) is 17.5 Å². The summed E-state index contributed by atoms with van der Waals surface area (Å²) in [7, 11) is 0. The molecule has 0 bridgehead atoms. The standard InChI is InChI=1S/C22H23N3OS2.2C2H6.C2H4/c1-18(16-21-10-6-15-28-21)19(2)24(17-27)14-11-22(26)25(13-7-12-23)20-8-4-3-5-9-20;3*1-2/h3-6,8-10,15-17H,2,7,11,13-14H2,1H3;2*1-2H3;1-2H2/b18-16-;;;. The lowest BCUT2D eigenvalue weighted by molar-refractivity contribution is -0.118. The highest BCUT2D eigenvalue weighted by Gasteiger charge is 2.17. The first-order valence-corrected chi connectivity index (χ1v) is 12.8. The molecule has 0 atom stereocenters. The van der Waals surface area contributed by atoms with E-state index in [-0.39, 0.29) is 18.7 Å². The highest BCUT2D eigenvalue weighted by Crippen LogP contribution is 2.20. The van der Waals surface area contributed by atoms with Gasteiger partial charge in [0.1, 0.15) is 0 Å². The maximum atomic E-state index is 12.8. The van der Waals surface area contributed by atoms with Gasteiger partial charge in [0.15, 0.2) is 0 Å². The normalized spacial score (nSPS) is 9.35. The Morgan fingerprint density at radius 2 is 1.71 bits per heavy atom. The number of benzene rings is 1. The van der Waals surface area contributed by atoms with E-state index < -0.39 is 0 Å². The Kier molecular flexibility index (Phi) is 21.3. The molecule has 1 heterocycles. The summed E-state index contributed by atoms with van der Waals surface area (Å²) in [6, 6.07) is 15.6. The average Bonchev–Trinajstić information content (AvgIpc) is 3.41. The van der Waals surface area contributed by atoms with Crippen LogP contribution in [0.15, 0.2) is 78.9 Å². The molecule has 1 aromatic heterocycles. The minimum absolute atomic E-state index is 0.0454. The number of amides is 1. The molecule has 0 saturated carbocycles. The minimum Gasteiger partial charge on any atom is -0.338 e. The lowest BCUT2D eigenvalue weighted by atomic mass is 10.2. The zero-order valence-corrected chi connectivity index (χ0v) is 22.9. The quantitative estimate of drug-likeness (QED) is 0.189. The molecule has 1 amide bonds. The summed E-state index contributed by atoms with van der Waals surface area (Å²) in [6.45, 7) is 20.9. The first-order chi connectivity index (χ1) is 16.6. The highest BCUT2D eigenvalue weighted by atomic mass is 32.1. The second kappa shape index (κ2) is 21.8. The molecular weight excluding hydrogens is 458 g/mol. The molecule has 2 aromatic rings. The molecule has 6 heteroatoms. The minimum atomic E-state index is -0.0454. The molecule has 0 unspecified atom stereocenters. The van der Waals surface area contributed by atoms with E-state index in [0.29, 0.717) is 13.1 Å². The van der Waals surface area contributed by atoms with Crippen LogP contribution >= 0.6 is 23.6 Å². The van der Waals surface area contributed by atoms with Gasteiger partial charge in [0.05, 0.1) is 18.0 Å². The third kappa shape index (κ3) is 12.3. The van der Waals surface area contributed by atoms with Crippen LogP contribution in [0.4, 0.5) is 5.69 Å². The monoisotopic (exact) mass is 497 g/mol. The summed E-state index contributed by atoms with van der Waals surface area (Å²) in [5, 5.41) is 10.9. The first-order valence-electron chi connectivity index (χ1n) is 11.4. The van der Waals surface area contributed by atoms with Crippen molar-refractivity contribution in [2.24, 2.45) is 0 Å². The van der Waals surface area contributed by atoms with E-state index in [2.05, 4.69) is 31.9 Å². The number of hydrogen-bond acceptors (Lipinski definition) is 4. The number of para-hydroxylation sites is 1. The van der Waals surface area contributed by atoms with Gasteiger partial charge in [-0.05, 0) is 42.2 Å². The molecule has 0 fully saturated rings. The van der Waals surface area contributed by atoms with Crippen LogP contribution in [-0.2, 0) is 4.79 Å². The lowest BCUT2D eigenvalue weighted by Gasteiger charge is -2.25. The number of allylic oxidation sites excluding steroid dienone is 1. The molecular formula is C28H39N3OS2. The third-order valence-corrected chi connectivity index (χ3v) is 5.29. The number of nitriles is 1. The van der Waals surface area contributed by atoms with Crippen molar-refractivity contribution in [3.05, 3.63) is 83.7 Å². The molecule has 34 heavy (non-hydrogen) atoms. The van der Waals surface area contributed by atoms with Gasteiger partial charge in [0.2, 0.25) is 5.91 Å². The van der Waals surface area contributed by atoms with E-state index >= 15 is 0 Å². The number of carbonyl (C=O) groups is 1. The molecule has 0 aliphatic rings. The Balaban J connectivity index is 0. The fourth-order valence-corrected chi connectivity index (χ4v) is 3.62. The Bertz CT molecular complexity index is 884. The summed E-state index contributed by atoms with van der Waals surface area (Å²) in [4.78, 5) is 17.4. The highest BCUT2D eigenvalue weighted by molar-refractivity contribution is 7.78. The molecule has 4 nitrogen and oxygen atoms in total.